The van der Waals surface area contributed by atoms with Crippen LogP contribution >= 0.6 is 22.9 Å². The molecule has 1 atom stereocenters. The van der Waals surface area contributed by atoms with Gasteiger partial charge in [0.2, 0.25) is 0 Å². The van der Waals surface area contributed by atoms with Gasteiger partial charge in [0.05, 0.1) is 20.9 Å². The summed E-state index contributed by atoms with van der Waals surface area (Å²) < 4.78 is 16.2. The molecular weight excluding hydrogens is 761 g/mol. The van der Waals surface area contributed by atoms with Gasteiger partial charge in [0.1, 0.15) is 17.0 Å². The van der Waals surface area contributed by atoms with E-state index in [4.69, 9.17) is 21.6 Å². The SMILES string of the molecule is Cc1nnc2sc3c(NC4CCCCCCCCCCCCCCCCCCCCCCCCCCCCC5(C4)CN(c4ncc(Cl)cc4F)C5)ncnc3c2c1C. The number of aromatic nitrogens is 5. The third-order valence-corrected chi connectivity index (χ3v) is 14.6. The Kier molecular flexibility index (Phi) is 18.5. The van der Waals surface area contributed by atoms with Crippen LogP contribution in [0.1, 0.15) is 197 Å². The molecule has 1 spiro atoms. The molecule has 1 saturated carbocycles. The van der Waals surface area contributed by atoms with Gasteiger partial charge in [-0.1, -0.05) is 179 Å². The summed E-state index contributed by atoms with van der Waals surface area (Å²) in [5, 5.41) is 14.4. The van der Waals surface area contributed by atoms with E-state index in [-0.39, 0.29) is 17.3 Å². The van der Waals surface area contributed by atoms with Crippen LogP contribution in [0.4, 0.5) is 16.0 Å². The van der Waals surface area contributed by atoms with Crippen LogP contribution in [0.3, 0.4) is 0 Å². The highest BCUT2D eigenvalue weighted by molar-refractivity contribution is 7.26. The topological polar surface area (TPSA) is 79.7 Å². The molecular formula is C48H73ClFN7S. The minimum Gasteiger partial charge on any atom is -0.366 e. The summed E-state index contributed by atoms with van der Waals surface area (Å²) in [6.45, 7) is 5.76. The summed E-state index contributed by atoms with van der Waals surface area (Å²) in [6.07, 6.45) is 42.2. The third kappa shape index (κ3) is 13.4. The number of halogens is 2. The maximum atomic E-state index is 15.2. The van der Waals surface area contributed by atoms with Crippen LogP contribution < -0.4 is 10.2 Å². The molecule has 1 unspecified atom stereocenters. The van der Waals surface area contributed by atoms with Crippen LogP contribution in [0.15, 0.2) is 18.6 Å². The highest BCUT2D eigenvalue weighted by Crippen LogP contribution is 2.45. The van der Waals surface area contributed by atoms with Gasteiger partial charge in [-0.3, -0.25) is 0 Å². The fourth-order valence-electron chi connectivity index (χ4n) is 9.80. The third-order valence-electron chi connectivity index (χ3n) is 13.3. The Hall–Kier alpha value is -2.65. The molecule has 0 aromatic carbocycles. The minimum absolute atomic E-state index is 0.0798. The van der Waals surface area contributed by atoms with E-state index >= 15 is 4.39 Å². The quantitative estimate of drug-likeness (QED) is 0.220. The smallest absolute Gasteiger partial charge is 0.167 e. The van der Waals surface area contributed by atoms with Crippen molar-refractivity contribution in [2.75, 3.05) is 23.3 Å². The Morgan fingerprint density at radius 1 is 0.690 bits per heavy atom. The second-order valence-corrected chi connectivity index (χ2v) is 19.6. The van der Waals surface area contributed by atoms with E-state index in [0.717, 1.165) is 69.9 Å². The molecule has 0 amide bonds. The summed E-state index contributed by atoms with van der Waals surface area (Å²) in [5.74, 6) is 1.000. The first-order valence-electron chi connectivity index (χ1n) is 23.6. The minimum atomic E-state index is -0.331. The van der Waals surface area contributed by atoms with Gasteiger partial charge in [-0.15, -0.1) is 16.4 Å². The Bertz CT molecular complexity index is 1810. The molecule has 0 bridgehead atoms. The Morgan fingerprint density at radius 2 is 1.21 bits per heavy atom. The summed E-state index contributed by atoms with van der Waals surface area (Å²) in [7, 11) is 0. The van der Waals surface area contributed by atoms with Crippen molar-refractivity contribution in [1.29, 1.82) is 0 Å². The standard InChI is InChI=1S/C48H73ClFN7S/c1-37-38(2)55-56-47-42(37)43-44(58-47)45(53-36-52-43)54-40-29-27-25-23-21-19-17-15-13-11-9-7-5-3-4-6-8-10-12-14-16-18-20-22-24-26-28-30-48(32-40)34-57(35-48)46-41(50)31-39(49)33-51-46/h31,33,36,40H,3-30,32,34-35H2,1-2H3,(H,52,53,54). The van der Waals surface area contributed by atoms with Gasteiger partial charge in [-0.25, -0.2) is 19.3 Å². The largest absolute Gasteiger partial charge is 0.366 e. The van der Waals surface area contributed by atoms with E-state index in [2.05, 4.69) is 32.3 Å². The van der Waals surface area contributed by atoms with Gasteiger partial charge in [0.15, 0.2) is 11.6 Å². The molecule has 1 saturated heterocycles. The number of hydrogen-bond acceptors (Lipinski definition) is 8. The number of nitrogens with one attached hydrogen (secondary N) is 1. The zero-order valence-corrected chi connectivity index (χ0v) is 37.6. The molecule has 320 valence electrons. The van der Waals surface area contributed by atoms with Gasteiger partial charge in [-0.2, -0.15) is 5.10 Å². The van der Waals surface area contributed by atoms with E-state index in [1.165, 1.54) is 173 Å². The summed E-state index contributed by atoms with van der Waals surface area (Å²) >= 11 is 7.75. The lowest BCUT2D eigenvalue weighted by atomic mass is 9.70. The average Bonchev–Trinajstić information content (AvgIpc) is 3.59. The molecule has 1 aliphatic heterocycles. The number of pyridine rings is 1. The summed E-state index contributed by atoms with van der Waals surface area (Å²) in [5.41, 5.74) is 3.12. The lowest BCUT2D eigenvalue weighted by molar-refractivity contribution is 0.155. The predicted octanol–water partition coefficient (Wildman–Crippen LogP) is 15.1. The van der Waals surface area contributed by atoms with Gasteiger partial charge in [-0.05, 0) is 44.7 Å². The number of hydrogen-bond donors (Lipinski definition) is 1. The molecule has 0 radical (unpaired) electrons. The maximum Gasteiger partial charge on any atom is 0.167 e. The molecule has 5 heterocycles. The fourth-order valence-corrected chi connectivity index (χ4v) is 11.0. The van der Waals surface area contributed by atoms with Gasteiger partial charge in [0, 0.05) is 36.1 Å². The van der Waals surface area contributed by atoms with Crippen LogP contribution in [0.25, 0.3) is 20.4 Å². The lowest BCUT2D eigenvalue weighted by Gasteiger charge is -2.52. The summed E-state index contributed by atoms with van der Waals surface area (Å²) in [6, 6.07) is 1.64. The van der Waals surface area contributed by atoms with Crippen molar-refractivity contribution in [2.45, 2.75) is 206 Å². The summed E-state index contributed by atoms with van der Waals surface area (Å²) in [4.78, 5) is 17.1. The van der Waals surface area contributed by atoms with Crippen molar-refractivity contribution in [3.63, 3.8) is 0 Å². The molecule has 58 heavy (non-hydrogen) atoms. The average molecular weight is 835 g/mol. The van der Waals surface area contributed by atoms with E-state index in [0.29, 0.717) is 10.8 Å². The van der Waals surface area contributed by atoms with Crippen molar-refractivity contribution in [3.8, 4) is 0 Å². The zero-order valence-electron chi connectivity index (χ0n) is 36.1. The number of nitrogens with zero attached hydrogens (tertiary/aromatic N) is 6. The maximum absolute atomic E-state index is 15.2. The normalized spacial score (nSPS) is 21.7. The molecule has 1 N–H and O–H groups in total. The molecule has 4 aromatic heterocycles. The first kappa shape index (κ1) is 44.9. The van der Waals surface area contributed by atoms with Crippen molar-refractivity contribution in [1.82, 2.24) is 25.1 Å². The van der Waals surface area contributed by atoms with E-state index in [1.807, 2.05) is 6.92 Å². The first-order chi connectivity index (χ1) is 28.4. The predicted molar refractivity (Wildman–Crippen MR) is 245 cm³/mol. The molecule has 2 aliphatic rings. The molecule has 10 heteroatoms. The molecule has 1 aliphatic carbocycles. The van der Waals surface area contributed by atoms with Crippen LogP contribution in [0, 0.1) is 25.1 Å². The van der Waals surface area contributed by atoms with Crippen LogP contribution in [0.2, 0.25) is 5.02 Å². The highest BCUT2D eigenvalue weighted by atomic mass is 35.5. The highest BCUT2D eigenvalue weighted by Gasteiger charge is 2.45. The second kappa shape index (κ2) is 24.0. The van der Waals surface area contributed by atoms with Gasteiger partial charge < -0.3 is 10.2 Å². The molecule has 4 aromatic rings. The number of thiophene rings is 1. The van der Waals surface area contributed by atoms with Gasteiger partial charge in [0.25, 0.3) is 0 Å². The van der Waals surface area contributed by atoms with Gasteiger partial charge >= 0.3 is 0 Å². The molecule has 2 fully saturated rings. The van der Waals surface area contributed by atoms with Crippen molar-refractivity contribution in [2.24, 2.45) is 5.41 Å². The molecule has 7 nitrogen and oxygen atoms in total. The first-order valence-corrected chi connectivity index (χ1v) is 24.8. The van der Waals surface area contributed by atoms with Crippen molar-refractivity contribution < 1.29 is 4.39 Å². The van der Waals surface area contributed by atoms with E-state index in [9.17, 15) is 0 Å². The fraction of sp³-hybridized carbons (Fsp3) is 0.729. The Balaban J connectivity index is 1.13. The second-order valence-electron chi connectivity index (χ2n) is 18.2. The number of anilines is 2. The van der Waals surface area contributed by atoms with Crippen molar-refractivity contribution in [3.05, 3.63) is 40.7 Å². The van der Waals surface area contributed by atoms with Crippen LogP contribution in [-0.4, -0.2) is 44.3 Å². The number of fused-ring (bicyclic) bond motifs is 3. The molecule has 6 rings (SSSR count). The zero-order chi connectivity index (χ0) is 40.4. The Morgan fingerprint density at radius 3 is 1.74 bits per heavy atom. The lowest BCUT2D eigenvalue weighted by Crippen LogP contribution is -2.58. The number of rotatable bonds is 3. The van der Waals surface area contributed by atoms with Crippen LogP contribution in [-0.2, 0) is 0 Å². The number of aryl methyl sites for hydroxylation is 2. The Labute approximate surface area is 358 Å². The monoisotopic (exact) mass is 834 g/mol. The van der Waals surface area contributed by atoms with Crippen molar-refractivity contribution >= 4 is 55.0 Å². The van der Waals surface area contributed by atoms with E-state index < -0.39 is 0 Å². The van der Waals surface area contributed by atoms with E-state index in [1.54, 1.807) is 23.9 Å². The van der Waals surface area contributed by atoms with Crippen LogP contribution in [0.5, 0.6) is 0 Å².